The normalized spacial score (nSPS) is 21.5. The summed E-state index contributed by atoms with van der Waals surface area (Å²) >= 11 is 0. The van der Waals surface area contributed by atoms with Gasteiger partial charge in [0.1, 0.15) is 0 Å². The molecule has 0 radical (unpaired) electrons. The van der Waals surface area contributed by atoms with Crippen LogP contribution in [0.25, 0.3) is 11.3 Å². The first-order valence-corrected chi connectivity index (χ1v) is 16.6. The SMILES string of the molecule is Cc1cccc(C)c1-c1cc2nc(n1)NS(=O)(=O)c1cccc(c1)C(C1CCN(C(=O)OC(C)C)C1)[C@H](CC(C)C)CO2. The van der Waals surface area contributed by atoms with Crippen LogP contribution >= 0.6 is 0 Å². The van der Waals surface area contributed by atoms with Gasteiger partial charge >= 0.3 is 6.09 Å². The van der Waals surface area contributed by atoms with E-state index in [2.05, 4.69) is 28.5 Å². The maximum atomic E-state index is 13.7. The van der Waals surface area contributed by atoms with Crippen LogP contribution in [0.3, 0.4) is 0 Å². The Kier molecular flexibility index (Phi) is 8.96. The zero-order valence-corrected chi connectivity index (χ0v) is 26.6. The Bertz CT molecular complexity index is 1570. The molecule has 10 heteroatoms. The van der Waals surface area contributed by atoms with Crippen molar-refractivity contribution in [1.29, 1.82) is 0 Å². The fourth-order valence-electron chi connectivity index (χ4n) is 6.53. The Hall–Kier alpha value is -3.66. The summed E-state index contributed by atoms with van der Waals surface area (Å²) in [6, 6.07) is 14.9. The van der Waals surface area contributed by atoms with E-state index in [1.165, 1.54) is 0 Å². The number of sulfonamides is 1. The van der Waals surface area contributed by atoms with E-state index >= 15 is 0 Å². The molecule has 1 fully saturated rings. The fourth-order valence-corrected chi connectivity index (χ4v) is 7.53. The molecule has 2 aliphatic heterocycles. The molecule has 1 amide bonds. The average Bonchev–Trinajstić information content (AvgIpc) is 3.40. The number of hydrogen-bond acceptors (Lipinski definition) is 7. The predicted octanol–water partition coefficient (Wildman–Crippen LogP) is 6.57. The maximum absolute atomic E-state index is 13.7. The number of benzene rings is 2. The summed E-state index contributed by atoms with van der Waals surface area (Å²) in [6.45, 7) is 13.6. The molecule has 1 aromatic heterocycles. The summed E-state index contributed by atoms with van der Waals surface area (Å²) in [5.41, 5.74) is 4.47. The van der Waals surface area contributed by atoms with Crippen molar-refractivity contribution in [3.63, 3.8) is 0 Å². The van der Waals surface area contributed by atoms with Crippen LogP contribution in [-0.2, 0) is 14.8 Å². The van der Waals surface area contributed by atoms with Crippen molar-refractivity contribution >= 4 is 22.1 Å². The third-order valence-electron chi connectivity index (χ3n) is 8.27. The first kappa shape index (κ1) is 30.8. The highest BCUT2D eigenvalue weighted by Gasteiger charge is 2.39. The molecule has 0 aliphatic carbocycles. The molecule has 3 aromatic rings. The molecule has 9 nitrogen and oxygen atoms in total. The van der Waals surface area contributed by atoms with Gasteiger partial charge in [-0.25, -0.2) is 22.9 Å². The van der Waals surface area contributed by atoms with Crippen LogP contribution in [0.1, 0.15) is 63.1 Å². The van der Waals surface area contributed by atoms with Gasteiger partial charge in [-0.3, -0.25) is 0 Å². The van der Waals surface area contributed by atoms with Crippen molar-refractivity contribution in [1.82, 2.24) is 14.9 Å². The smallest absolute Gasteiger partial charge is 0.410 e. The maximum Gasteiger partial charge on any atom is 0.410 e. The van der Waals surface area contributed by atoms with Crippen molar-refractivity contribution in [3.8, 4) is 17.1 Å². The molecule has 230 valence electrons. The van der Waals surface area contributed by atoms with Crippen LogP contribution < -0.4 is 9.46 Å². The number of rotatable bonds is 5. The molecule has 4 bridgehead atoms. The minimum Gasteiger partial charge on any atom is -0.477 e. The summed E-state index contributed by atoms with van der Waals surface area (Å²) in [4.78, 5) is 23.8. The highest BCUT2D eigenvalue weighted by Crippen LogP contribution is 2.42. The zero-order chi connectivity index (χ0) is 30.9. The molecular weight excluding hydrogens is 564 g/mol. The quantitative estimate of drug-likeness (QED) is 0.350. The summed E-state index contributed by atoms with van der Waals surface area (Å²) in [7, 11) is -4.01. The highest BCUT2D eigenvalue weighted by molar-refractivity contribution is 7.92. The van der Waals surface area contributed by atoms with E-state index < -0.39 is 10.0 Å². The second-order valence-electron chi connectivity index (χ2n) is 12.5. The summed E-state index contributed by atoms with van der Waals surface area (Å²) in [5, 5.41) is 0. The number of ether oxygens (including phenoxy) is 2. The summed E-state index contributed by atoms with van der Waals surface area (Å²) in [6.07, 6.45) is 1.13. The van der Waals surface area contributed by atoms with Gasteiger partial charge in [-0.2, -0.15) is 4.98 Å². The number of nitrogens with one attached hydrogen (secondary N) is 1. The Morgan fingerprint density at radius 3 is 2.49 bits per heavy atom. The molecule has 3 atom stereocenters. The van der Waals surface area contributed by atoms with Crippen molar-refractivity contribution < 1.29 is 22.7 Å². The Balaban J connectivity index is 1.59. The van der Waals surface area contributed by atoms with Gasteiger partial charge < -0.3 is 14.4 Å². The van der Waals surface area contributed by atoms with E-state index in [0.717, 1.165) is 35.1 Å². The second kappa shape index (κ2) is 12.5. The van der Waals surface area contributed by atoms with E-state index in [1.54, 1.807) is 29.2 Å². The molecule has 5 rings (SSSR count). The molecule has 2 aromatic carbocycles. The molecule has 0 spiro atoms. The second-order valence-corrected chi connectivity index (χ2v) is 14.2. The third kappa shape index (κ3) is 6.95. The molecule has 3 heterocycles. The number of aryl methyl sites for hydroxylation is 2. The molecule has 0 saturated carbocycles. The van der Waals surface area contributed by atoms with Crippen molar-refractivity contribution in [2.75, 3.05) is 24.4 Å². The van der Waals surface area contributed by atoms with Crippen molar-refractivity contribution in [3.05, 3.63) is 65.2 Å². The minimum atomic E-state index is -4.01. The van der Waals surface area contributed by atoms with Gasteiger partial charge in [0, 0.05) is 30.6 Å². The Labute approximate surface area is 255 Å². The molecule has 1 N–H and O–H groups in total. The van der Waals surface area contributed by atoms with E-state index in [0.29, 0.717) is 37.2 Å². The lowest BCUT2D eigenvalue weighted by molar-refractivity contribution is 0.0811. The number of anilines is 1. The largest absolute Gasteiger partial charge is 0.477 e. The monoisotopic (exact) mass is 606 g/mol. The number of nitrogens with zero attached hydrogens (tertiary/aromatic N) is 3. The lowest BCUT2D eigenvalue weighted by Crippen LogP contribution is -2.34. The standard InChI is InChI=1S/C33H42N4O5S/c1-20(2)15-26-19-41-29-17-28(30-22(5)9-7-10-23(30)6)34-32(35-29)36-43(39,40)27-12-8-11-24(16-27)31(26)25-13-14-37(18-25)33(38)42-21(3)4/h7-12,16-17,20-21,25-26,31H,13-15,18-19H2,1-6H3,(H,34,35,36)/t25?,26-,31?/m1/s1. The fraction of sp³-hybridized carbons (Fsp3) is 0.485. The third-order valence-corrected chi connectivity index (χ3v) is 9.60. The molecule has 1 saturated heterocycles. The van der Waals surface area contributed by atoms with Crippen LogP contribution in [0, 0.1) is 31.6 Å². The lowest BCUT2D eigenvalue weighted by Gasteiger charge is -2.34. The van der Waals surface area contributed by atoms with Crippen LogP contribution in [0.5, 0.6) is 5.88 Å². The number of carbonyl (C=O) groups excluding carboxylic acids is 1. The van der Waals surface area contributed by atoms with Crippen LogP contribution in [-0.4, -0.2) is 55.2 Å². The van der Waals surface area contributed by atoms with Gasteiger partial charge in [0.15, 0.2) is 0 Å². The number of amides is 1. The molecule has 43 heavy (non-hydrogen) atoms. The van der Waals surface area contributed by atoms with Crippen molar-refractivity contribution in [2.24, 2.45) is 17.8 Å². The first-order valence-electron chi connectivity index (χ1n) is 15.1. The number of likely N-dealkylation sites (tertiary alicyclic amines) is 1. The number of aromatic nitrogens is 2. The Morgan fingerprint density at radius 1 is 1.07 bits per heavy atom. The highest BCUT2D eigenvalue weighted by atomic mass is 32.2. The van der Waals surface area contributed by atoms with E-state index in [9.17, 15) is 13.2 Å². The predicted molar refractivity (Wildman–Crippen MR) is 167 cm³/mol. The Morgan fingerprint density at radius 2 is 1.79 bits per heavy atom. The van der Waals surface area contributed by atoms with Gasteiger partial charge in [-0.05, 0) is 87.1 Å². The summed E-state index contributed by atoms with van der Waals surface area (Å²) in [5.74, 6) is 0.745. The summed E-state index contributed by atoms with van der Waals surface area (Å²) < 4.78 is 41.9. The number of carbonyl (C=O) groups is 1. The van der Waals surface area contributed by atoms with Gasteiger partial charge in [0.2, 0.25) is 11.8 Å². The number of hydrogen-bond donors (Lipinski definition) is 1. The van der Waals surface area contributed by atoms with Gasteiger partial charge in [0.25, 0.3) is 10.0 Å². The van der Waals surface area contributed by atoms with Crippen LogP contribution in [0.15, 0.2) is 53.4 Å². The van der Waals surface area contributed by atoms with Gasteiger partial charge in [0.05, 0.1) is 23.3 Å². The first-order chi connectivity index (χ1) is 20.4. The van der Waals surface area contributed by atoms with Gasteiger partial charge in [-0.15, -0.1) is 0 Å². The lowest BCUT2D eigenvalue weighted by atomic mass is 9.73. The molecule has 2 unspecified atom stereocenters. The minimum absolute atomic E-state index is 0.0341. The zero-order valence-electron chi connectivity index (χ0n) is 25.8. The van der Waals surface area contributed by atoms with Crippen molar-refractivity contribution in [2.45, 2.75) is 71.3 Å². The van der Waals surface area contributed by atoms with E-state index in [-0.39, 0.29) is 40.8 Å². The van der Waals surface area contributed by atoms with Gasteiger partial charge in [-0.1, -0.05) is 44.2 Å². The molecular formula is C33H42N4O5S. The average molecular weight is 607 g/mol. The molecule has 2 aliphatic rings. The van der Waals surface area contributed by atoms with Crippen LogP contribution in [0.2, 0.25) is 0 Å². The topological polar surface area (TPSA) is 111 Å². The van der Waals surface area contributed by atoms with E-state index in [4.69, 9.17) is 9.47 Å². The van der Waals surface area contributed by atoms with E-state index in [1.807, 2.05) is 52.0 Å². The number of fused-ring (bicyclic) bond motifs is 4. The van der Waals surface area contributed by atoms with Crippen LogP contribution in [0.4, 0.5) is 10.7 Å².